The fraction of sp³-hybridized carbons (Fsp3) is 0.750. The summed E-state index contributed by atoms with van der Waals surface area (Å²) in [5.74, 6) is 2.50. The largest absolute Gasteiger partial charge is 0.388 e. The molecule has 0 saturated heterocycles. The molecule has 2 unspecified atom stereocenters. The van der Waals surface area contributed by atoms with Crippen LogP contribution in [0.1, 0.15) is 78.6 Å². The number of aliphatic hydroxyl groups excluding tert-OH is 2. The summed E-state index contributed by atoms with van der Waals surface area (Å²) in [5, 5.41) is 20.0. The third-order valence-corrected chi connectivity index (χ3v) is 7.92. The van der Waals surface area contributed by atoms with Crippen LogP contribution < -0.4 is 0 Å². The lowest BCUT2D eigenvalue weighted by Crippen LogP contribution is -2.35. The lowest BCUT2D eigenvalue weighted by atomic mass is 9.61. The molecular formula is C24H38O2. The van der Waals surface area contributed by atoms with Crippen molar-refractivity contribution in [3.63, 3.8) is 0 Å². The molecule has 146 valence electrons. The Morgan fingerprint density at radius 3 is 2.54 bits per heavy atom. The highest BCUT2D eigenvalue weighted by Crippen LogP contribution is 2.59. The first-order chi connectivity index (χ1) is 12.4. The van der Waals surface area contributed by atoms with E-state index in [1.807, 2.05) is 0 Å². The van der Waals surface area contributed by atoms with Gasteiger partial charge in [0.15, 0.2) is 0 Å². The molecule has 0 radical (unpaired) electrons. The van der Waals surface area contributed by atoms with Crippen LogP contribution in [0.2, 0.25) is 0 Å². The maximum absolute atomic E-state index is 10.0. The number of aliphatic hydroxyl groups is 2. The highest BCUT2D eigenvalue weighted by Gasteiger charge is 2.50. The lowest BCUT2D eigenvalue weighted by Gasteiger charge is -2.44. The molecule has 2 heteroatoms. The standard InChI is InChI=1S/C24H38O2/c1-5-16(2)20-11-12-21-19(10-7-13-24(20,21)4)9-6-8-18-14-22(25)17(3)23(26)15-18/h8-9,16,20-23,25-26H,3,5-7,10-15H2,1-2,4H3/b19-9+/t16-,20?,21?,22+,23+,24+/m0/s1. The number of rotatable bonds is 4. The monoisotopic (exact) mass is 358 g/mol. The van der Waals surface area contributed by atoms with Gasteiger partial charge in [-0.05, 0) is 80.1 Å². The maximum Gasteiger partial charge on any atom is 0.0809 e. The van der Waals surface area contributed by atoms with E-state index >= 15 is 0 Å². The summed E-state index contributed by atoms with van der Waals surface area (Å²) in [6, 6.07) is 0. The van der Waals surface area contributed by atoms with Crippen molar-refractivity contribution >= 4 is 0 Å². The zero-order chi connectivity index (χ0) is 18.9. The highest BCUT2D eigenvalue weighted by atomic mass is 16.3. The van der Waals surface area contributed by atoms with Gasteiger partial charge >= 0.3 is 0 Å². The van der Waals surface area contributed by atoms with Gasteiger partial charge in [0.05, 0.1) is 12.2 Å². The quantitative estimate of drug-likeness (QED) is 0.646. The molecule has 0 aromatic heterocycles. The Labute approximate surface area is 160 Å². The van der Waals surface area contributed by atoms with E-state index in [0.29, 0.717) is 23.8 Å². The average Bonchev–Trinajstić information content (AvgIpc) is 2.96. The van der Waals surface area contributed by atoms with E-state index < -0.39 is 12.2 Å². The zero-order valence-corrected chi connectivity index (χ0v) is 17.0. The van der Waals surface area contributed by atoms with Gasteiger partial charge in [0, 0.05) is 0 Å². The molecular weight excluding hydrogens is 320 g/mol. The van der Waals surface area contributed by atoms with Crippen LogP contribution in [0.5, 0.6) is 0 Å². The summed E-state index contributed by atoms with van der Waals surface area (Å²) in [7, 11) is 0. The van der Waals surface area contributed by atoms with Gasteiger partial charge in [-0.1, -0.05) is 57.1 Å². The van der Waals surface area contributed by atoms with Crippen molar-refractivity contribution < 1.29 is 10.2 Å². The van der Waals surface area contributed by atoms with Gasteiger partial charge in [0.2, 0.25) is 0 Å². The molecule has 6 atom stereocenters. The Kier molecular flexibility index (Phi) is 6.14. The first-order valence-corrected chi connectivity index (χ1v) is 10.8. The van der Waals surface area contributed by atoms with Crippen molar-refractivity contribution in [3.05, 3.63) is 35.5 Å². The molecule has 0 bridgehead atoms. The fourth-order valence-corrected chi connectivity index (χ4v) is 6.15. The van der Waals surface area contributed by atoms with E-state index in [1.165, 1.54) is 44.1 Å². The van der Waals surface area contributed by atoms with E-state index in [1.54, 1.807) is 5.57 Å². The second-order valence-corrected chi connectivity index (χ2v) is 9.37. The van der Waals surface area contributed by atoms with Crippen LogP contribution in [-0.4, -0.2) is 22.4 Å². The summed E-state index contributed by atoms with van der Waals surface area (Å²) >= 11 is 0. The van der Waals surface area contributed by atoms with Crippen LogP contribution in [0.4, 0.5) is 0 Å². The van der Waals surface area contributed by atoms with Crippen LogP contribution >= 0.6 is 0 Å². The van der Waals surface area contributed by atoms with Crippen molar-refractivity contribution in [1.29, 1.82) is 0 Å². The summed E-state index contributed by atoms with van der Waals surface area (Å²) < 4.78 is 0. The van der Waals surface area contributed by atoms with E-state index in [4.69, 9.17) is 0 Å². The molecule has 0 aliphatic heterocycles. The molecule has 0 aromatic carbocycles. The maximum atomic E-state index is 10.0. The summed E-state index contributed by atoms with van der Waals surface area (Å²) in [5.41, 5.74) is 3.94. The number of fused-ring (bicyclic) bond motifs is 1. The molecule has 0 spiro atoms. The van der Waals surface area contributed by atoms with E-state index in [-0.39, 0.29) is 0 Å². The van der Waals surface area contributed by atoms with Crippen LogP contribution in [-0.2, 0) is 0 Å². The number of allylic oxidation sites excluding steroid dienone is 3. The minimum absolute atomic E-state index is 0.502. The molecule has 3 aliphatic carbocycles. The summed E-state index contributed by atoms with van der Waals surface area (Å²) in [6.45, 7) is 11.2. The van der Waals surface area contributed by atoms with Gasteiger partial charge in [0.1, 0.15) is 0 Å². The van der Waals surface area contributed by atoms with Gasteiger partial charge in [-0.2, -0.15) is 0 Å². The molecule has 3 aliphatic rings. The first-order valence-electron chi connectivity index (χ1n) is 10.8. The van der Waals surface area contributed by atoms with Crippen molar-refractivity contribution in [2.45, 2.75) is 90.8 Å². The van der Waals surface area contributed by atoms with Crippen molar-refractivity contribution in [2.24, 2.45) is 23.2 Å². The fourth-order valence-electron chi connectivity index (χ4n) is 6.15. The minimum atomic E-state index is -0.582. The van der Waals surface area contributed by atoms with E-state index in [0.717, 1.165) is 24.2 Å². The molecule has 0 aromatic rings. The smallest absolute Gasteiger partial charge is 0.0809 e. The van der Waals surface area contributed by atoms with Crippen LogP contribution in [0, 0.1) is 23.2 Å². The summed E-state index contributed by atoms with van der Waals surface area (Å²) in [6.07, 6.45) is 13.8. The number of hydrogen-bond acceptors (Lipinski definition) is 2. The second-order valence-electron chi connectivity index (χ2n) is 9.37. The van der Waals surface area contributed by atoms with Crippen molar-refractivity contribution in [3.8, 4) is 0 Å². The number of hydrogen-bond donors (Lipinski definition) is 2. The SMILES string of the molecule is C=C1[C@H](O)CC(=CC/C=C2\CCC[C@@]3(C)C2CCC3[C@@H](C)CC)C[C@H]1O. The molecule has 3 rings (SSSR count). The first kappa shape index (κ1) is 19.9. The third kappa shape index (κ3) is 3.73. The van der Waals surface area contributed by atoms with Crippen molar-refractivity contribution in [2.75, 3.05) is 0 Å². The molecule has 26 heavy (non-hydrogen) atoms. The van der Waals surface area contributed by atoms with Gasteiger partial charge < -0.3 is 10.2 Å². The Balaban J connectivity index is 1.68. The zero-order valence-electron chi connectivity index (χ0n) is 17.0. The Bertz CT molecular complexity index is 571. The highest BCUT2D eigenvalue weighted by molar-refractivity contribution is 5.25. The van der Waals surface area contributed by atoms with E-state index in [9.17, 15) is 10.2 Å². The van der Waals surface area contributed by atoms with E-state index in [2.05, 4.69) is 39.5 Å². The Morgan fingerprint density at radius 2 is 1.88 bits per heavy atom. The molecule has 0 amide bonds. The van der Waals surface area contributed by atoms with Gasteiger partial charge in [-0.15, -0.1) is 0 Å². The third-order valence-electron chi connectivity index (χ3n) is 7.92. The van der Waals surface area contributed by atoms with Crippen LogP contribution in [0.15, 0.2) is 35.5 Å². The molecule has 3 fully saturated rings. The van der Waals surface area contributed by atoms with Gasteiger partial charge in [-0.3, -0.25) is 0 Å². The van der Waals surface area contributed by atoms with Crippen LogP contribution in [0.3, 0.4) is 0 Å². The molecule has 3 saturated carbocycles. The lowest BCUT2D eigenvalue weighted by molar-refractivity contribution is 0.0959. The summed E-state index contributed by atoms with van der Waals surface area (Å²) in [4.78, 5) is 0. The van der Waals surface area contributed by atoms with Gasteiger partial charge in [-0.25, -0.2) is 0 Å². The topological polar surface area (TPSA) is 40.5 Å². The van der Waals surface area contributed by atoms with Crippen molar-refractivity contribution in [1.82, 2.24) is 0 Å². The second kappa shape index (κ2) is 8.02. The minimum Gasteiger partial charge on any atom is -0.388 e. The Hall–Kier alpha value is -0.860. The predicted molar refractivity (Wildman–Crippen MR) is 109 cm³/mol. The predicted octanol–water partition coefficient (Wildman–Crippen LogP) is 5.56. The molecule has 2 N–H and O–H groups in total. The average molecular weight is 359 g/mol. The van der Waals surface area contributed by atoms with Gasteiger partial charge in [0.25, 0.3) is 0 Å². The normalized spacial score (nSPS) is 40.6. The van der Waals surface area contributed by atoms with Crippen LogP contribution in [0.25, 0.3) is 0 Å². The molecule has 0 heterocycles. The Morgan fingerprint density at radius 1 is 1.19 bits per heavy atom. The molecule has 2 nitrogen and oxygen atoms in total.